The van der Waals surface area contributed by atoms with Crippen LogP contribution in [0.4, 0.5) is 4.79 Å². The molecule has 0 spiro atoms. The summed E-state index contributed by atoms with van der Waals surface area (Å²) >= 11 is 3.51. The number of carbonyl (C=O) groups is 2. The second kappa shape index (κ2) is 15.2. The molecule has 0 radical (unpaired) electrons. The number of nitrogens with zero attached hydrogens (tertiary/aromatic N) is 3. The van der Waals surface area contributed by atoms with Crippen LogP contribution in [0, 0.1) is 0 Å². The zero-order valence-electron chi connectivity index (χ0n) is 23.1. The van der Waals surface area contributed by atoms with E-state index in [-0.39, 0.29) is 12.1 Å². The molecule has 1 amide bonds. The molecule has 1 aliphatic rings. The minimum atomic E-state index is -0.663. The number of carboxylic acids is 1. The van der Waals surface area contributed by atoms with Crippen molar-refractivity contribution in [3.05, 3.63) is 22.8 Å². The van der Waals surface area contributed by atoms with Crippen molar-refractivity contribution in [3.63, 3.8) is 0 Å². The zero-order valence-corrected chi connectivity index (χ0v) is 24.7. The molecule has 37 heavy (non-hydrogen) atoms. The normalized spacial score (nSPS) is 14.3. The third-order valence-corrected chi connectivity index (χ3v) is 6.90. The summed E-state index contributed by atoms with van der Waals surface area (Å²) in [6, 6.07) is 4.25. The zero-order chi connectivity index (χ0) is 27.4. The maximum absolute atomic E-state index is 12.2. The van der Waals surface area contributed by atoms with Gasteiger partial charge < -0.3 is 19.5 Å². The average molecular weight is 583 g/mol. The molecule has 1 aromatic carbocycles. The van der Waals surface area contributed by atoms with Gasteiger partial charge in [0.1, 0.15) is 11.4 Å². The smallest absolute Gasteiger partial charge is 0.410 e. The van der Waals surface area contributed by atoms with Crippen molar-refractivity contribution in [2.75, 3.05) is 20.2 Å². The van der Waals surface area contributed by atoms with E-state index in [0.29, 0.717) is 19.5 Å². The van der Waals surface area contributed by atoms with E-state index < -0.39 is 11.6 Å². The van der Waals surface area contributed by atoms with Crippen LogP contribution in [0.3, 0.4) is 0 Å². The molecule has 1 saturated heterocycles. The van der Waals surface area contributed by atoms with E-state index in [0.717, 1.165) is 46.8 Å². The van der Waals surface area contributed by atoms with Crippen molar-refractivity contribution in [3.8, 4) is 5.75 Å². The van der Waals surface area contributed by atoms with Gasteiger partial charge in [-0.2, -0.15) is 5.10 Å². The molecule has 0 atom stereocenters. The van der Waals surface area contributed by atoms with Crippen molar-refractivity contribution >= 4 is 38.9 Å². The number of likely N-dealkylation sites (tertiary alicyclic amines) is 1. The van der Waals surface area contributed by atoms with Gasteiger partial charge in [0.05, 0.1) is 23.1 Å². The Morgan fingerprint density at radius 3 is 2.27 bits per heavy atom. The summed E-state index contributed by atoms with van der Waals surface area (Å²) in [5, 5.41) is 14.1. The minimum Gasteiger partial charge on any atom is -0.495 e. The number of hydrogen-bond acceptors (Lipinski definition) is 5. The highest BCUT2D eigenvalue weighted by Crippen LogP contribution is 2.31. The fraction of sp³-hybridized carbons (Fsp3) is 0.679. The van der Waals surface area contributed by atoms with Crippen LogP contribution in [0.1, 0.15) is 97.9 Å². The summed E-state index contributed by atoms with van der Waals surface area (Å²) in [5.74, 6) is 0.112. The number of methoxy groups -OCH3 is 1. The van der Waals surface area contributed by atoms with Crippen molar-refractivity contribution in [2.24, 2.45) is 0 Å². The van der Waals surface area contributed by atoms with E-state index in [1.165, 1.54) is 32.1 Å². The molecule has 3 rings (SSSR count). The van der Waals surface area contributed by atoms with E-state index in [2.05, 4.69) is 29.1 Å². The van der Waals surface area contributed by atoms with Gasteiger partial charge in [-0.05, 0) is 62.0 Å². The summed E-state index contributed by atoms with van der Waals surface area (Å²) in [5.41, 5.74) is 0.453. The molecule has 1 N–H and O–H groups in total. The number of halogens is 1. The Morgan fingerprint density at radius 2 is 1.70 bits per heavy atom. The van der Waals surface area contributed by atoms with Gasteiger partial charge in [-0.25, -0.2) is 4.79 Å². The van der Waals surface area contributed by atoms with E-state index in [1.54, 1.807) is 12.0 Å². The molecule has 9 heteroatoms. The molecular formula is C28H44BrN3O5. The summed E-state index contributed by atoms with van der Waals surface area (Å²) in [6.07, 6.45) is 12.2. The molecule has 0 saturated carbocycles. The lowest BCUT2D eigenvalue weighted by Gasteiger charge is -2.33. The predicted octanol–water partition coefficient (Wildman–Crippen LogP) is 7.59. The summed E-state index contributed by atoms with van der Waals surface area (Å²) < 4.78 is 13.7. The highest BCUT2D eigenvalue weighted by atomic mass is 79.9. The van der Waals surface area contributed by atoms with Crippen molar-refractivity contribution in [1.29, 1.82) is 0 Å². The molecule has 1 fully saturated rings. The maximum Gasteiger partial charge on any atom is 0.410 e. The highest BCUT2D eigenvalue weighted by molar-refractivity contribution is 9.10. The second-order valence-corrected chi connectivity index (χ2v) is 11.5. The first kappa shape index (κ1) is 30.9. The molecule has 8 nitrogen and oxygen atoms in total. The summed E-state index contributed by atoms with van der Waals surface area (Å²) in [6.45, 7) is 9.23. The van der Waals surface area contributed by atoms with Gasteiger partial charge in [-0.15, -0.1) is 0 Å². The lowest BCUT2D eigenvalue weighted by molar-refractivity contribution is -0.137. The Hall–Kier alpha value is -2.29. The quantitative estimate of drug-likeness (QED) is 0.290. The number of aliphatic carboxylic acids is 1. The van der Waals surface area contributed by atoms with Gasteiger partial charge in [-0.3, -0.25) is 9.48 Å². The topological polar surface area (TPSA) is 93.9 Å². The number of amides is 1. The molecule has 2 aromatic rings. The Bertz CT molecular complexity index is 994. The van der Waals surface area contributed by atoms with Crippen LogP contribution in [-0.4, -0.2) is 57.6 Å². The van der Waals surface area contributed by atoms with Crippen molar-refractivity contribution < 1.29 is 24.2 Å². The van der Waals surface area contributed by atoms with Gasteiger partial charge in [0.25, 0.3) is 0 Å². The van der Waals surface area contributed by atoms with Crippen LogP contribution in [-0.2, 0) is 9.53 Å². The van der Waals surface area contributed by atoms with Crippen LogP contribution in [0.2, 0.25) is 0 Å². The SMILES string of the molecule is CCCCCCCCCC(=O)O.COc1cc2nn(C3CCN(C(=O)OC(C)(C)C)CC3)cc2cc1Br. The van der Waals surface area contributed by atoms with Crippen LogP contribution in [0.15, 0.2) is 22.8 Å². The molecular weight excluding hydrogens is 538 g/mol. The molecule has 2 heterocycles. The molecule has 0 bridgehead atoms. The third-order valence-electron chi connectivity index (χ3n) is 6.28. The first-order valence-electron chi connectivity index (χ1n) is 13.5. The van der Waals surface area contributed by atoms with E-state index in [9.17, 15) is 9.59 Å². The molecule has 0 unspecified atom stereocenters. The van der Waals surface area contributed by atoms with Crippen molar-refractivity contribution in [1.82, 2.24) is 14.7 Å². The number of aromatic nitrogens is 2. The second-order valence-electron chi connectivity index (χ2n) is 10.6. The van der Waals surface area contributed by atoms with Crippen LogP contribution in [0.25, 0.3) is 10.9 Å². The Labute approximate surface area is 229 Å². The van der Waals surface area contributed by atoms with E-state index in [1.807, 2.05) is 37.6 Å². The highest BCUT2D eigenvalue weighted by Gasteiger charge is 2.28. The third kappa shape index (κ3) is 10.9. The van der Waals surface area contributed by atoms with Crippen LogP contribution in [0.5, 0.6) is 5.75 Å². The number of ether oxygens (including phenoxy) is 2. The fourth-order valence-corrected chi connectivity index (χ4v) is 4.78. The number of benzene rings is 1. The number of hydrogen-bond donors (Lipinski definition) is 1. The van der Waals surface area contributed by atoms with Crippen molar-refractivity contribution in [2.45, 2.75) is 104 Å². The Kier molecular flexibility index (Phi) is 12.7. The molecule has 208 valence electrons. The average Bonchev–Trinajstić information content (AvgIpc) is 3.25. The number of carbonyl (C=O) groups excluding carboxylic acids is 1. The van der Waals surface area contributed by atoms with Gasteiger partial charge in [0, 0.05) is 37.2 Å². The molecule has 1 aliphatic heterocycles. The van der Waals surface area contributed by atoms with Gasteiger partial charge in [0.15, 0.2) is 0 Å². The molecule has 1 aromatic heterocycles. The van der Waals surface area contributed by atoms with Gasteiger partial charge in [0.2, 0.25) is 0 Å². The summed E-state index contributed by atoms with van der Waals surface area (Å²) in [7, 11) is 1.65. The fourth-order valence-electron chi connectivity index (χ4n) is 4.26. The number of carboxylic acid groups (broad SMARTS) is 1. The Morgan fingerprint density at radius 1 is 1.08 bits per heavy atom. The number of fused-ring (bicyclic) bond motifs is 1. The maximum atomic E-state index is 12.2. The molecule has 0 aliphatic carbocycles. The minimum absolute atomic E-state index is 0.231. The number of unbranched alkanes of at least 4 members (excludes halogenated alkanes) is 6. The first-order chi connectivity index (χ1) is 17.5. The van der Waals surface area contributed by atoms with Gasteiger partial charge >= 0.3 is 12.1 Å². The predicted molar refractivity (Wildman–Crippen MR) is 150 cm³/mol. The first-order valence-corrected chi connectivity index (χ1v) is 14.3. The Balaban J connectivity index is 0.000000341. The number of piperidine rings is 1. The monoisotopic (exact) mass is 581 g/mol. The van der Waals surface area contributed by atoms with Crippen LogP contribution >= 0.6 is 15.9 Å². The standard InChI is InChI=1S/C18H24BrN3O3.C10H20O2/c1-18(2,3)25-17(23)21-7-5-13(6-8-21)22-11-12-9-14(19)16(24-4)10-15(12)20-22;1-2-3-4-5-6-7-8-9-10(11)12/h9-11,13H,5-8H2,1-4H3;2-9H2,1H3,(H,11,12). The summed E-state index contributed by atoms with van der Waals surface area (Å²) in [4.78, 5) is 24.1. The van der Waals surface area contributed by atoms with E-state index in [4.69, 9.17) is 19.7 Å². The van der Waals surface area contributed by atoms with E-state index >= 15 is 0 Å². The van der Waals surface area contributed by atoms with Crippen LogP contribution < -0.4 is 4.74 Å². The lowest BCUT2D eigenvalue weighted by atomic mass is 10.1. The largest absolute Gasteiger partial charge is 0.495 e. The van der Waals surface area contributed by atoms with Gasteiger partial charge in [-0.1, -0.05) is 45.4 Å². The lowest BCUT2D eigenvalue weighted by Crippen LogP contribution is -2.42. The number of rotatable bonds is 10.